The summed E-state index contributed by atoms with van der Waals surface area (Å²) in [5.74, 6) is 0. The first kappa shape index (κ1) is 13.5. The normalized spacial score (nSPS) is 17.7. The lowest BCUT2D eigenvalue weighted by Gasteiger charge is -2.13. The van der Waals surface area contributed by atoms with E-state index in [9.17, 15) is 8.42 Å². The van der Waals surface area contributed by atoms with Gasteiger partial charge < -0.3 is 5.11 Å². The predicted molar refractivity (Wildman–Crippen MR) is 69.6 cm³/mol. The van der Waals surface area contributed by atoms with E-state index in [1.54, 1.807) is 19.1 Å². The highest BCUT2D eigenvalue weighted by atomic mass is 32.2. The Hall–Kier alpha value is -0.910. The van der Waals surface area contributed by atoms with Gasteiger partial charge in [0.25, 0.3) is 0 Å². The van der Waals surface area contributed by atoms with E-state index < -0.39 is 10.0 Å². The zero-order valence-corrected chi connectivity index (χ0v) is 11.5. The third-order valence-electron chi connectivity index (χ3n) is 3.52. The molecule has 0 unspecified atom stereocenters. The molecular formula is C13H19NO3S. The summed E-state index contributed by atoms with van der Waals surface area (Å²) in [6.07, 6.45) is 2.15. The van der Waals surface area contributed by atoms with Gasteiger partial charge in [0.2, 0.25) is 10.0 Å². The Bertz CT molecular complexity index is 547. The molecule has 0 amide bonds. The van der Waals surface area contributed by atoms with Crippen LogP contribution >= 0.6 is 0 Å². The molecule has 0 atom stereocenters. The average molecular weight is 269 g/mol. The van der Waals surface area contributed by atoms with Crippen molar-refractivity contribution in [2.75, 3.05) is 6.54 Å². The monoisotopic (exact) mass is 269 g/mol. The van der Waals surface area contributed by atoms with Gasteiger partial charge in [0.05, 0.1) is 11.5 Å². The minimum absolute atomic E-state index is 0.134. The van der Waals surface area contributed by atoms with E-state index in [1.165, 1.54) is 6.07 Å². The molecule has 2 rings (SSSR count). The lowest BCUT2D eigenvalue weighted by atomic mass is 10.1. The number of sulfonamides is 1. The number of aliphatic hydroxyl groups is 1. The van der Waals surface area contributed by atoms with Crippen LogP contribution in [0.25, 0.3) is 0 Å². The van der Waals surface area contributed by atoms with Crippen molar-refractivity contribution >= 4 is 10.0 Å². The first-order valence-corrected chi connectivity index (χ1v) is 7.55. The van der Waals surface area contributed by atoms with Gasteiger partial charge in [0.1, 0.15) is 0 Å². The first-order chi connectivity index (χ1) is 8.36. The summed E-state index contributed by atoms with van der Waals surface area (Å²) >= 11 is 0. The van der Waals surface area contributed by atoms with E-state index in [0.717, 1.165) is 12.8 Å². The molecule has 0 saturated heterocycles. The Balaban J connectivity index is 2.22. The average Bonchev–Trinajstić information content (AvgIpc) is 3.06. The fraction of sp³-hybridized carbons (Fsp3) is 0.538. The Morgan fingerprint density at radius 2 is 2.06 bits per heavy atom. The third kappa shape index (κ3) is 2.91. The zero-order chi connectivity index (χ0) is 13.4. The van der Waals surface area contributed by atoms with Crippen LogP contribution in [0.4, 0.5) is 0 Å². The number of benzene rings is 1. The van der Waals surface area contributed by atoms with Crippen LogP contribution in [0.1, 0.15) is 30.9 Å². The van der Waals surface area contributed by atoms with Gasteiger partial charge in [-0.25, -0.2) is 13.1 Å². The number of hydrogen-bond acceptors (Lipinski definition) is 3. The van der Waals surface area contributed by atoms with E-state index in [-0.39, 0.29) is 16.9 Å². The third-order valence-corrected chi connectivity index (χ3v) is 5.06. The highest BCUT2D eigenvalue weighted by Crippen LogP contribution is 2.44. The summed E-state index contributed by atoms with van der Waals surface area (Å²) in [6.45, 7) is 4.17. The van der Waals surface area contributed by atoms with E-state index in [4.69, 9.17) is 5.11 Å². The number of nitrogens with one attached hydrogen (secondary N) is 1. The SMILES string of the molecule is Cc1ccc(CO)cc1S(=O)(=O)NCC1(C)CC1. The maximum Gasteiger partial charge on any atom is 0.240 e. The molecule has 5 heteroatoms. The van der Waals surface area contributed by atoms with E-state index in [2.05, 4.69) is 11.6 Å². The molecule has 1 saturated carbocycles. The van der Waals surface area contributed by atoms with Crippen molar-refractivity contribution in [2.24, 2.45) is 5.41 Å². The topological polar surface area (TPSA) is 66.4 Å². The smallest absolute Gasteiger partial charge is 0.240 e. The molecule has 0 radical (unpaired) electrons. The molecule has 0 aromatic heterocycles. The van der Waals surface area contributed by atoms with Gasteiger partial charge in [-0.15, -0.1) is 0 Å². The van der Waals surface area contributed by atoms with Crippen LogP contribution in [0.2, 0.25) is 0 Å². The quantitative estimate of drug-likeness (QED) is 0.852. The molecule has 18 heavy (non-hydrogen) atoms. The standard InChI is InChI=1S/C13H19NO3S/c1-10-3-4-11(8-15)7-12(10)18(16,17)14-9-13(2)5-6-13/h3-4,7,14-15H,5-6,8-9H2,1-2H3. The minimum atomic E-state index is -3.48. The molecule has 1 aliphatic rings. The van der Waals surface area contributed by atoms with Crippen LogP contribution in [0.5, 0.6) is 0 Å². The maximum atomic E-state index is 12.2. The molecule has 0 heterocycles. The van der Waals surface area contributed by atoms with Gasteiger partial charge in [-0.3, -0.25) is 0 Å². The van der Waals surface area contributed by atoms with Crippen molar-refractivity contribution < 1.29 is 13.5 Å². The van der Waals surface area contributed by atoms with Crippen molar-refractivity contribution in [1.82, 2.24) is 4.72 Å². The zero-order valence-electron chi connectivity index (χ0n) is 10.7. The number of aliphatic hydroxyl groups excluding tert-OH is 1. The molecule has 1 fully saturated rings. The number of rotatable bonds is 5. The summed E-state index contributed by atoms with van der Waals surface area (Å²) in [6, 6.07) is 4.99. The van der Waals surface area contributed by atoms with E-state index >= 15 is 0 Å². The molecule has 1 aliphatic carbocycles. The van der Waals surface area contributed by atoms with Gasteiger partial charge in [0, 0.05) is 6.54 Å². The summed E-state index contributed by atoms with van der Waals surface area (Å²) in [7, 11) is -3.48. The van der Waals surface area contributed by atoms with Crippen LogP contribution in [0.15, 0.2) is 23.1 Å². The second-order valence-corrected chi connectivity index (χ2v) is 7.13. The maximum absolute atomic E-state index is 12.2. The Morgan fingerprint density at radius 1 is 1.39 bits per heavy atom. The highest BCUT2D eigenvalue weighted by molar-refractivity contribution is 7.89. The minimum Gasteiger partial charge on any atom is -0.392 e. The van der Waals surface area contributed by atoms with Gasteiger partial charge in [0.15, 0.2) is 0 Å². The molecule has 100 valence electrons. The Labute approximate surface area is 108 Å². The second kappa shape index (κ2) is 4.64. The summed E-state index contributed by atoms with van der Waals surface area (Å²) in [4.78, 5) is 0.262. The van der Waals surface area contributed by atoms with Gasteiger partial charge in [-0.2, -0.15) is 0 Å². The van der Waals surface area contributed by atoms with Crippen molar-refractivity contribution in [3.05, 3.63) is 29.3 Å². The van der Waals surface area contributed by atoms with Crippen LogP contribution in [-0.4, -0.2) is 20.1 Å². The lowest BCUT2D eigenvalue weighted by molar-refractivity contribution is 0.281. The highest BCUT2D eigenvalue weighted by Gasteiger charge is 2.38. The van der Waals surface area contributed by atoms with Crippen LogP contribution in [-0.2, 0) is 16.6 Å². The van der Waals surface area contributed by atoms with Crippen LogP contribution in [0.3, 0.4) is 0 Å². The Kier molecular flexibility index (Phi) is 3.49. The molecule has 2 N–H and O–H groups in total. The summed E-state index contributed by atoms with van der Waals surface area (Å²) in [5.41, 5.74) is 1.44. The number of hydrogen-bond donors (Lipinski definition) is 2. The molecule has 1 aromatic carbocycles. The summed E-state index contributed by atoms with van der Waals surface area (Å²) in [5, 5.41) is 9.07. The fourth-order valence-electron chi connectivity index (χ4n) is 1.77. The molecule has 4 nitrogen and oxygen atoms in total. The largest absolute Gasteiger partial charge is 0.392 e. The van der Waals surface area contributed by atoms with Crippen molar-refractivity contribution in [3.8, 4) is 0 Å². The lowest BCUT2D eigenvalue weighted by Crippen LogP contribution is -2.29. The molecular weight excluding hydrogens is 250 g/mol. The molecule has 0 aliphatic heterocycles. The predicted octanol–water partition coefficient (Wildman–Crippen LogP) is 1.57. The van der Waals surface area contributed by atoms with Crippen molar-refractivity contribution in [1.29, 1.82) is 0 Å². The number of aryl methyl sites for hydroxylation is 1. The molecule has 1 aromatic rings. The van der Waals surface area contributed by atoms with Crippen molar-refractivity contribution in [2.45, 2.75) is 38.2 Å². The van der Waals surface area contributed by atoms with Crippen molar-refractivity contribution in [3.63, 3.8) is 0 Å². The van der Waals surface area contributed by atoms with E-state index in [1.807, 2.05) is 0 Å². The fourth-order valence-corrected chi connectivity index (χ4v) is 3.26. The van der Waals surface area contributed by atoms with Gasteiger partial charge in [-0.05, 0) is 42.4 Å². The molecule has 0 bridgehead atoms. The van der Waals surface area contributed by atoms with Crippen LogP contribution < -0.4 is 4.72 Å². The summed E-state index contributed by atoms with van der Waals surface area (Å²) < 4.78 is 27.1. The van der Waals surface area contributed by atoms with Crippen LogP contribution in [0, 0.1) is 12.3 Å². The molecule has 0 spiro atoms. The van der Waals surface area contributed by atoms with Gasteiger partial charge in [-0.1, -0.05) is 19.1 Å². The first-order valence-electron chi connectivity index (χ1n) is 6.06. The van der Waals surface area contributed by atoms with Gasteiger partial charge >= 0.3 is 0 Å². The van der Waals surface area contributed by atoms with E-state index in [0.29, 0.717) is 17.7 Å². The second-order valence-electron chi connectivity index (χ2n) is 5.39. The Morgan fingerprint density at radius 3 is 2.61 bits per heavy atom.